The number of carbonyl (C=O) groups excluding carboxylic acids is 1. The van der Waals surface area contributed by atoms with Crippen LogP contribution in [0.5, 0.6) is 0 Å². The van der Waals surface area contributed by atoms with Crippen molar-refractivity contribution < 1.29 is 4.79 Å². The van der Waals surface area contributed by atoms with E-state index in [-0.39, 0.29) is 12.1 Å². The van der Waals surface area contributed by atoms with Crippen LogP contribution in [0, 0.1) is 5.92 Å². The molecule has 1 saturated heterocycles. The molecular weight excluding hydrogens is 294 g/mol. The Labute approximate surface area is 138 Å². The Kier molecular flexibility index (Phi) is 7.19. The molecule has 0 aromatic carbocycles. The molecule has 1 aliphatic heterocycles. The molecule has 1 aromatic rings. The average molecular weight is 324 g/mol. The number of nitrogens with zero attached hydrogens (tertiary/aromatic N) is 1. The maximum absolute atomic E-state index is 11.9. The molecule has 124 valence electrons. The standard InChI is InChI=1S/C17H29N3OS/c1-14-5-3-8-20(12-14)9-4-7-18-17(21)19-15(2)11-16-6-10-22-13-16/h6,10,13-15H,3-5,7-9,11-12H2,1-2H3,(H2,18,19,21)/t14-,15-/m1/s1. The molecule has 2 rings (SSSR count). The molecule has 0 saturated carbocycles. The van der Waals surface area contributed by atoms with Crippen LogP contribution in [0.25, 0.3) is 0 Å². The van der Waals surface area contributed by atoms with E-state index in [2.05, 4.69) is 39.3 Å². The smallest absolute Gasteiger partial charge is 0.315 e. The number of urea groups is 1. The molecule has 2 amide bonds. The Bertz CT molecular complexity index is 435. The van der Waals surface area contributed by atoms with Crippen molar-refractivity contribution in [1.82, 2.24) is 15.5 Å². The van der Waals surface area contributed by atoms with Gasteiger partial charge in [-0.1, -0.05) is 6.92 Å². The van der Waals surface area contributed by atoms with E-state index in [9.17, 15) is 4.79 Å². The SMILES string of the molecule is C[C@@H]1CCCN(CCCNC(=O)N[C@H](C)Cc2ccsc2)C1. The quantitative estimate of drug-likeness (QED) is 0.757. The molecule has 0 aliphatic carbocycles. The molecule has 4 nitrogen and oxygen atoms in total. The highest BCUT2D eigenvalue weighted by molar-refractivity contribution is 7.07. The Morgan fingerprint density at radius 1 is 1.55 bits per heavy atom. The minimum absolute atomic E-state index is 0.0465. The molecule has 0 bridgehead atoms. The Morgan fingerprint density at radius 2 is 2.41 bits per heavy atom. The molecule has 0 unspecified atom stereocenters. The third-order valence-corrected chi connectivity index (χ3v) is 4.91. The van der Waals surface area contributed by atoms with Crippen molar-refractivity contribution in [2.75, 3.05) is 26.2 Å². The molecule has 0 spiro atoms. The van der Waals surface area contributed by atoms with E-state index in [1.54, 1.807) is 11.3 Å². The number of hydrogen-bond donors (Lipinski definition) is 2. The van der Waals surface area contributed by atoms with Gasteiger partial charge in [0, 0.05) is 19.1 Å². The van der Waals surface area contributed by atoms with Gasteiger partial charge >= 0.3 is 6.03 Å². The lowest BCUT2D eigenvalue weighted by atomic mass is 10.0. The van der Waals surface area contributed by atoms with E-state index < -0.39 is 0 Å². The molecule has 1 aromatic heterocycles. The van der Waals surface area contributed by atoms with Crippen LogP contribution in [-0.4, -0.2) is 43.2 Å². The molecule has 5 heteroatoms. The van der Waals surface area contributed by atoms with Gasteiger partial charge in [-0.15, -0.1) is 0 Å². The number of hydrogen-bond acceptors (Lipinski definition) is 3. The fourth-order valence-electron chi connectivity index (χ4n) is 3.08. The van der Waals surface area contributed by atoms with Gasteiger partial charge in [0.25, 0.3) is 0 Å². The van der Waals surface area contributed by atoms with Gasteiger partial charge in [0.1, 0.15) is 0 Å². The second-order valence-corrected chi connectivity index (χ2v) is 7.32. The summed E-state index contributed by atoms with van der Waals surface area (Å²) in [6.07, 6.45) is 4.59. The summed E-state index contributed by atoms with van der Waals surface area (Å²) in [5.74, 6) is 0.822. The van der Waals surface area contributed by atoms with E-state index >= 15 is 0 Å². The number of carbonyl (C=O) groups is 1. The summed E-state index contributed by atoms with van der Waals surface area (Å²) >= 11 is 1.70. The topological polar surface area (TPSA) is 44.4 Å². The molecule has 2 N–H and O–H groups in total. The Balaban J connectivity index is 1.53. The van der Waals surface area contributed by atoms with Crippen LogP contribution in [-0.2, 0) is 6.42 Å². The van der Waals surface area contributed by atoms with Crippen molar-refractivity contribution in [2.45, 2.75) is 45.6 Å². The monoisotopic (exact) mass is 323 g/mol. The summed E-state index contributed by atoms with van der Waals surface area (Å²) in [6, 6.07) is 2.23. The molecule has 22 heavy (non-hydrogen) atoms. The normalized spacial score (nSPS) is 20.5. The Hall–Kier alpha value is -1.07. The minimum Gasteiger partial charge on any atom is -0.338 e. The summed E-state index contributed by atoms with van der Waals surface area (Å²) in [6.45, 7) is 8.65. The van der Waals surface area contributed by atoms with Gasteiger partial charge in [-0.2, -0.15) is 11.3 Å². The van der Waals surface area contributed by atoms with E-state index in [0.717, 1.165) is 31.8 Å². The Morgan fingerprint density at radius 3 is 3.14 bits per heavy atom. The fraction of sp³-hybridized carbons (Fsp3) is 0.706. The first-order valence-corrected chi connectivity index (χ1v) is 9.35. The molecule has 1 aliphatic rings. The summed E-state index contributed by atoms with van der Waals surface area (Å²) in [5.41, 5.74) is 1.29. The number of nitrogens with one attached hydrogen (secondary N) is 2. The highest BCUT2D eigenvalue weighted by atomic mass is 32.1. The highest BCUT2D eigenvalue weighted by Gasteiger charge is 2.15. The second-order valence-electron chi connectivity index (χ2n) is 6.54. The van der Waals surface area contributed by atoms with Crippen LogP contribution in [0.3, 0.4) is 0 Å². The zero-order valence-electron chi connectivity index (χ0n) is 13.8. The average Bonchev–Trinajstić information content (AvgIpc) is 2.96. The van der Waals surface area contributed by atoms with Crippen LogP contribution < -0.4 is 10.6 Å². The van der Waals surface area contributed by atoms with Crippen molar-refractivity contribution in [1.29, 1.82) is 0 Å². The highest BCUT2D eigenvalue weighted by Crippen LogP contribution is 2.15. The van der Waals surface area contributed by atoms with Gasteiger partial charge in [0.15, 0.2) is 0 Å². The van der Waals surface area contributed by atoms with Crippen LogP contribution in [0.1, 0.15) is 38.7 Å². The first kappa shape index (κ1) is 17.3. The van der Waals surface area contributed by atoms with Crippen molar-refractivity contribution >= 4 is 17.4 Å². The van der Waals surface area contributed by atoms with Crippen LogP contribution >= 0.6 is 11.3 Å². The molecule has 2 heterocycles. The predicted molar refractivity (Wildman–Crippen MR) is 93.5 cm³/mol. The van der Waals surface area contributed by atoms with Crippen molar-refractivity contribution in [3.05, 3.63) is 22.4 Å². The van der Waals surface area contributed by atoms with Crippen molar-refractivity contribution in [3.63, 3.8) is 0 Å². The molecular formula is C17H29N3OS. The summed E-state index contributed by atoms with van der Waals surface area (Å²) in [7, 11) is 0. The zero-order chi connectivity index (χ0) is 15.8. The summed E-state index contributed by atoms with van der Waals surface area (Å²) in [4.78, 5) is 14.4. The van der Waals surface area contributed by atoms with E-state index in [1.165, 1.54) is 31.5 Å². The second kappa shape index (κ2) is 9.16. The van der Waals surface area contributed by atoms with E-state index in [1.807, 2.05) is 6.92 Å². The number of amides is 2. The van der Waals surface area contributed by atoms with Gasteiger partial charge in [0.2, 0.25) is 0 Å². The first-order chi connectivity index (χ1) is 10.6. The van der Waals surface area contributed by atoms with Gasteiger partial charge in [0.05, 0.1) is 0 Å². The first-order valence-electron chi connectivity index (χ1n) is 8.41. The largest absolute Gasteiger partial charge is 0.338 e. The number of rotatable bonds is 7. The van der Waals surface area contributed by atoms with E-state index in [0.29, 0.717) is 0 Å². The number of likely N-dealkylation sites (tertiary alicyclic amines) is 1. The lowest BCUT2D eigenvalue weighted by Crippen LogP contribution is -2.43. The van der Waals surface area contributed by atoms with Gasteiger partial charge in [-0.25, -0.2) is 4.79 Å². The molecule has 1 fully saturated rings. The van der Waals surface area contributed by atoms with Crippen LogP contribution in [0.15, 0.2) is 16.8 Å². The van der Waals surface area contributed by atoms with Crippen molar-refractivity contribution in [3.8, 4) is 0 Å². The van der Waals surface area contributed by atoms with Crippen LogP contribution in [0.2, 0.25) is 0 Å². The van der Waals surface area contributed by atoms with Crippen molar-refractivity contribution in [2.24, 2.45) is 5.92 Å². The maximum atomic E-state index is 11.9. The van der Waals surface area contributed by atoms with Crippen LogP contribution in [0.4, 0.5) is 4.79 Å². The van der Waals surface area contributed by atoms with Gasteiger partial charge in [-0.3, -0.25) is 0 Å². The molecule has 0 radical (unpaired) electrons. The summed E-state index contributed by atoms with van der Waals surface area (Å²) in [5, 5.41) is 10.2. The third-order valence-electron chi connectivity index (χ3n) is 4.18. The van der Waals surface area contributed by atoms with E-state index in [4.69, 9.17) is 0 Å². The lowest BCUT2D eigenvalue weighted by molar-refractivity contribution is 0.181. The third kappa shape index (κ3) is 6.36. The maximum Gasteiger partial charge on any atom is 0.315 e. The number of thiophene rings is 1. The zero-order valence-corrected chi connectivity index (χ0v) is 14.6. The lowest BCUT2D eigenvalue weighted by Gasteiger charge is -2.30. The van der Waals surface area contributed by atoms with Gasteiger partial charge < -0.3 is 15.5 Å². The minimum atomic E-state index is -0.0465. The number of piperidine rings is 1. The van der Waals surface area contributed by atoms with Gasteiger partial charge in [-0.05, 0) is 74.0 Å². The predicted octanol–water partition coefficient (Wildman–Crippen LogP) is 3.10. The molecule has 2 atom stereocenters. The fourth-order valence-corrected chi connectivity index (χ4v) is 3.76. The summed E-state index contributed by atoms with van der Waals surface area (Å²) < 4.78 is 0.